The molecule has 1 aromatic heterocycles. The lowest BCUT2D eigenvalue weighted by molar-refractivity contribution is -0.153. The molecule has 0 aliphatic heterocycles. The van der Waals surface area contributed by atoms with Gasteiger partial charge in [-0.15, -0.1) is 0 Å². The first-order valence-corrected chi connectivity index (χ1v) is 12.7. The van der Waals surface area contributed by atoms with E-state index in [0.29, 0.717) is 29.0 Å². The molecular formula is C23H35N5O4S. The van der Waals surface area contributed by atoms with Crippen LogP contribution in [0.1, 0.15) is 51.6 Å². The fraction of sp³-hybridized carbons (Fsp3) is 0.565. The third kappa shape index (κ3) is 5.26. The number of hydrogen-bond acceptors (Lipinski definition) is 7. The maximum atomic E-state index is 13.6. The molecule has 0 spiro atoms. The predicted octanol–water partition coefficient (Wildman–Crippen LogP) is 3.00. The van der Waals surface area contributed by atoms with Crippen molar-refractivity contribution in [2.24, 2.45) is 17.8 Å². The molecule has 1 heterocycles. The second-order valence-electron chi connectivity index (χ2n) is 9.37. The minimum absolute atomic E-state index is 0.000491. The standard InChI is InChI=1S/C23H35N5O4S/c1-14(2)20-11-6-15(3)12-21(20)32-22(29)13-27(23-16(4)28(25)17(5)26-23)33(30,31)19-9-7-18(24)8-10-19/h7-10,14-15,20-21H,6,11-13,24-25H2,1-5H3/t15-,20-,21+/m0/s1. The average molecular weight is 478 g/mol. The molecule has 9 nitrogen and oxygen atoms in total. The van der Waals surface area contributed by atoms with Gasteiger partial charge in [0.25, 0.3) is 10.0 Å². The van der Waals surface area contributed by atoms with Crippen molar-refractivity contribution in [1.82, 2.24) is 9.66 Å². The van der Waals surface area contributed by atoms with E-state index in [1.54, 1.807) is 13.8 Å². The lowest BCUT2D eigenvalue weighted by Crippen LogP contribution is -2.41. The molecule has 0 radical (unpaired) electrons. The van der Waals surface area contributed by atoms with Crippen molar-refractivity contribution in [2.45, 2.75) is 64.9 Å². The number of carbonyl (C=O) groups excluding carboxylic acids is 1. The van der Waals surface area contributed by atoms with Crippen LogP contribution in [0, 0.1) is 31.6 Å². The summed E-state index contributed by atoms with van der Waals surface area (Å²) in [6.45, 7) is 9.22. The van der Waals surface area contributed by atoms with Gasteiger partial charge in [-0.2, -0.15) is 0 Å². The molecule has 1 aliphatic rings. The van der Waals surface area contributed by atoms with Gasteiger partial charge in [-0.25, -0.2) is 22.4 Å². The van der Waals surface area contributed by atoms with Crippen LogP contribution in [-0.2, 0) is 19.6 Å². The number of sulfonamides is 1. The van der Waals surface area contributed by atoms with Crippen molar-refractivity contribution in [3.05, 3.63) is 35.8 Å². The molecule has 0 amide bonds. The van der Waals surface area contributed by atoms with Gasteiger partial charge in [-0.05, 0) is 68.7 Å². The first-order valence-electron chi connectivity index (χ1n) is 11.3. The molecule has 3 atom stereocenters. The van der Waals surface area contributed by atoms with E-state index in [9.17, 15) is 13.2 Å². The van der Waals surface area contributed by atoms with E-state index in [2.05, 4.69) is 25.8 Å². The minimum Gasteiger partial charge on any atom is -0.461 e. The third-order valence-electron chi connectivity index (χ3n) is 6.52. The summed E-state index contributed by atoms with van der Waals surface area (Å²) in [5, 5.41) is 0. The van der Waals surface area contributed by atoms with E-state index in [4.69, 9.17) is 16.3 Å². The number of nitrogens with zero attached hydrogens (tertiary/aromatic N) is 3. The van der Waals surface area contributed by atoms with Crippen LogP contribution in [0.4, 0.5) is 11.5 Å². The largest absolute Gasteiger partial charge is 0.461 e. The van der Waals surface area contributed by atoms with Crippen LogP contribution in [0.25, 0.3) is 0 Å². The van der Waals surface area contributed by atoms with E-state index in [-0.39, 0.29) is 22.7 Å². The second kappa shape index (κ2) is 9.62. The van der Waals surface area contributed by atoms with Crippen LogP contribution >= 0.6 is 0 Å². The van der Waals surface area contributed by atoms with Crippen molar-refractivity contribution in [3.8, 4) is 0 Å². The van der Waals surface area contributed by atoms with Gasteiger partial charge in [0.15, 0.2) is 5.82 Å². The number of aromatic nitrogens is 2. The summed E-state index contributed by atoms with van der Waals surface area (Å²) in [6.07, 6.45) is 2.62. The number of ether oxygens (including phenoxy) is 1. The Morgan fingerprint density at radius 3 is 2.42 bits per heavy atom. The van der Waals surface area contributed by atoms with Gasteiger partial charge in [-0.3, -0.25) is 4.79 Å². The van der Waals surface area contributed by atoms with Crippen LogP contribution in [-0.4, -0.2) is 36.7 Å². The summed E-state index contributed by atoms with van der Waals surface area (Å²) in [5.74, 6) is 6.97. The topological polar surface area (TPSA) is 134 Å². The lowest BCUT2D eigenvalue weighted by Gasteiger charge is -2.37. The van der Waals surface area contributed by atoms with Crippen molar-refractivity contribution >= 4 is 27.5 Å². The van der Waals surface area contributed by atoms with Gasteiger partial charge in [0.05, 0.1) is 10.6 Å². The van der Waals surface area contributed by atoms with E-state index in [0.717, 1.165) is 23.6 Å². The van der Waals surface area contributed by atoms with Gasteiger partial charge in [0.1, 0.15) is 18.5 Å². The molecule has 1 aromatic carbocycles. The van der Waals surface area contributed by atoms with Gasteiger partial charge in [-0.1, -0.05) is 27.2 Å². The van der Waals surface area contributed by atoms with Crippen LogP contribution in [0.5, 0.6) is 0 Å². The molecular weight excluding hydrogens is 442 g/mol. The number of esters is 1. The number of rotatable bonds is 7. The molecule has 1 saturated carbocycles. The molecule has 1 fully saturated rings. The van der Waals surface area contributed by atoms with Crippen LogP contribution in [0.15, 0.2) is 29.2 Å². The summed E-state index contributed by atoms with van der Waals surface area (Å²) in [4.78, 5) is 17.4. The van der Waals surface area contributed by atoms with Crippen molar-refractivity contribution in [1.29, 1.82) is 0 Å². The van der Waals surface area contributed by atoms with E-state index >= 15 is 0 Å². The Kier molecular flexibility index (Phi) is 7.26. The maximum Gasteiger partial charge on any atom is 0.327 e. The van der Waals surface area contributed by atoms with E-state index in [1.807, 2.05) is 0 Å². The van der Waals surface area contributed by atoms with Crippen molar-refractivity contribution in [2.75, 3.05) is 22.4 Å². The molecule has 182 valence electrons. The molecule has 0 unspecified atom stereocenters. The molecule has 1 aliphatic carbocycles. The Bertz CT molecular complexity index is 1090. The fourth-order valence-electron chi connectivity index (χ4n) is 4.49. The zero-order valence-electron chi connectivity index (χ0n) is 20.0. The average Bonchev–Trinajstić information content (AvgIpc) is 2.99. The van der Waals surface area contributed by atoms with Crippen LogP contribution in [0.3, 0.4) is 0 Å². The van der Waals surface area contributed by atoms with E-state index < -0.39 is 22.5 Å². The summed E-state index contributed by atoms with van der Waals surface area (Å²) in [7, 11) is -4.13. The Hall–Kier alpha value is -2.75. The number of nitrogens with two attached hydrogens (primary N) is 2. The number of aryl methyl sites for hydroxylation is 1. The zero-order chi connectivity index (χ0) is 24.5. The van der Waals surface area contributed by atoms with Gasteiger partial charge >= 0.3 is 5.97 Å². The summed E-state index contributed by atoms with van der Waals surface area (Å²) in [5.41, 5.74) is 6.58. The molecule has 10 heteroatoms. The summed E-state index contributed by atoms with van der Waals surface area (Å²) >= 11 is 0. The second-order valence-corrected chi connectivity index (χ2v) is 11.2. The quantitative estimate of drug-likeness (QED) is 0.356. The van der Waals surface area contributed by atoms with Crippen LogP contribution in [0.2, 0.25) is 0 Å². The molecule has 0 saturated heterocycles. The zero-order valence-corrected chi connectivity index (χ0v) is 20.8. The maximum absolute atomic E-state index is 13.6. The number of hydrogen-bond donors (Lipinski definition) is 2. The number of nitrogen functional groups attached to an aromatic ring is 2. The first kappa shape index (κ1) is 24.9. The molecule has 0 bridgehead atoms. The van der Waals surface area contributed by atoms with Gasteiger partial charge in [0.2, 0.25) is 0 Å². The number of benzene rings is 1. The highest BCUT2D eigenvalue weighted by atomic mass is 32.2. The minimum atomic E-state index is -4.13. The molecule has 4 N–H and O–H groups in total. The molecule has 33 heavy (non-hydrogen) atoms. The molecule has 2 aromatic rings. The fourth-order valence-corrected chi connectivity index (χ4v) is 5.90. The summed E-state index contributed by atoms with van der Waals surface area (Å²) in [6, 6.07) is 5.81. The van der Waals surface area contributed by atoms with Crippen molar-refractivity contribution in [3.63, 3.8) is 0 Å². The SMILES string of the molecule is Cc1nc(N(CC(=O)O[C@@H]2C[C@@H](C)CC[C@H]2C(C)C)S(=O)(=O)c2ccc(N)cc2)c(C)n1N. The van der Waals surface area contributed by atoms with Crippen LogP contribution < -0.4 is 15.9 Å². The highest BCUT2D eigenvalue weighted by molar-refractivity contribution is 7.92. The third-order valence-corrected chi connectivity index (χ3v) is 8.27. The Morgan fingerprint density at radius 2 is 1.88 bits per heavy atom. The highest BCUT2D eigenvalue weighted by Crippen LogP contribution is 2.35. The van der Waals surface area contributed by atoms with Gasteiger partial charge in [0, 0.05) is 5.69 Å². The monoisotopic (exact) mass is 477 g/mol. The Balaban J connectivity index is 1.93. The number of carbonyl (C=O) groups is 1. The Morgan fingerprint density at radius 1 is 1.24 bits per heavy atom. The van der Waals surface area contributed by atoms with Crippen molar-refractivity contribution < 1.29 is 17.9 Å². The highest BCUT2D eigenvalue weighted by Gasteiger charge is 2.36. The van der Waals surface area contributed by atoms with E-state index in [1.165, 1.54) is 28.9 Å². The summed E-state index contributed by atoms with van der Waals surface area (Å²) < 4.78 is 35.3. The Labute approximate surface area is 196 Å². The first-order chi connectivity index (χ1) is 15.4. The van der Waals surface area contributed by atoms with Gasteiger partial charge < -0.3 is 16.3 Å². The number of anilines is 2. The predicted molar refractivity (Wildman–Crippen MR) is 128 cm³/mol. The normalized spacial score (nSPS) is 21.2. The number of imidazole rings is 1. The lowest BCUT2D eigenvalue weighted by atomic mass is 9.75. The smallest absolute Gasteiger partial charge is 0.327 e. The molecule has 3 rings (SSSR count).